The van der Waals surface area contributed by atoms with Gasteiger partial charge in [0, 0.05) is 12.3 Å². The Morgan fingerprint density at radius 2 is 2.25 bits per heavy atom. The smallest absolute Gasteiger partial charge is 0.132 e. The van der Waals surface area contributed by atoms with Crippen LogP contribution in [0.1, 0.15) is 19.8 Å². The second-order valence-electron chi connectivity index (χ2n) is 4.31. The predicted molar refractivity (Wildman–Crippen MR) is 65.8 cm³/mol. The molecule has 0 spiro atoms. The van der Waals surface area contributed by atoms with E-state index < -0.39 is 0 Å². The number of rotatable bonds is 3. The minimum absolute atomic E-state index is 0.481. The number of nitrogens with zero attached hydrogens (tertiary/aromatic N) is 1. The molecule has 2 atom stereocenters. The van der Waals surface area contributed by atoms with Crippen molar-refractivity contribution in [2.45, 2.75) is 19.8 Å². The summed E-state index contributed by atoms with van der Waals surface area (Å²) in [5.74, 6) is 2.11. The van der Waals surface area contributed by atoms with Gasteiger partial charge in [-0.25, -0.2) is 4.98 Å². The summed E-state index contributed by atoms with van der Waals surface area (Å²) in [4.78, 5) is 3.92. The number of ether oxygens (including phenoxy) is 1. The van der Waals surface area contributed by atoms with Gasteiger partial charge in [0.2, 0.25) is 0 Å². The topological polar surface area (TPSA) is 22.1 Å². The fourth-order valence-electron chi connectivity index (χ4n) is 1.92. The summed E-state index contributed by atoms with van der Waals surface area (Å²) >= 11 is 5.79. The Bertz CT molecular complexity index is 378. The van der Waals surface area contributed by atoms with Crippen LogP contribution in [0.5, 0.6) is 5.75 Å². The highest BCUT2D eigenvalue weighted by molar-refractivity contribution is 6.29. The van der Waals surface area contributed by atoms with Crippen LogP contribution in [-0.2, 0) is 0 Å². The van der Waals surface area contributed by atoms with Gasteiger partial charge in [-0.15, -0.1) is 0 Å². The molecule has 2 rings (SSSR count). The normalized spacial score (nSPS) is 24.4. The van der Waals surface area contributed by atoms with Crippen LogP contribution < -0.4 is 4.74 Å². The highest BCUT2D eigenvalue weighted by atomic mass is 35.5. The highest BCUT2D eigenvalue weighted by Gasteiger charge is 2.18. The van der Waals surface area contributed by atoms with E-state index in [0.717, 1.165) is 25.2 Å². The molecular weight excluding hydrogens is 222 g/mol. The van der Waals surface area contributed by atoms with Crippen molar-refractivity contribution < 1.29 is 4.74 Å². The van der Waals surface area contributed by atoms with Crippen molar-refractivity contribution in [2.75, 3.05) is 6.61 Å². The van der Waals surface area contributed by atoms with Gasteiger partial charge in [0.25, 0.3) is 0 Å². The molecule has 2 nitrogen and oxygen atoms in total. The van der Waals surface area contributed by atoms with E-state index in [1.165, 1.54) is 0 Å². The van der Waals surface area contributed by atoms with E-state index >= 15 is 0 Å². The maximum Gasteiger partial charge on any atom is 0.132 e. The summed E-state index contributed by atoms with van der Waals surface area (Å²) in [7, 11) is 0. The van der Waals surface area contributed by atoms with Crippen molar-refractivity contribution in [3.8, 4) is 5.75 Å². The molecule has 1 aromatic heterocycles. The van der Waals surface area contributed by atoms with Crippen LogP contribution in [-0.4, -0.2) is 11.6 Å². The SMILES string of the molecule is CC1CC=CCC1COc1ccnc(Cl)c1. The molecule has 0 bridgehead atoms. The van der Waals surface area contributed by atoms with E-state index in [0.29, 0.717) is 17.0 Å². The third kappa shape index (κ3) is 2.99. The third-order valence-corrected chi connectivity index (χ3v) is 3.29. The van der Waals surface area contributed by atoms with E-state index in [-0.39, 0.29) is 0 Å². The van der Waals surface area contributed by atoms with Gasteiger partial charge in [-0.3, -0.25) is 0 Å². The van der Waals surface area contributed by atoms with Gasteiger partial charge >= 0.3 is 0 Å². The molecule has 0 aromatic carbocycles. The van der Waals surface area contributed by atoms with Crippen LogP contribution in [0.25, 0.3) is 0 Å². The molecule has 1 heterocycles. The monoisotopic (exact) mass is 237 g/mol. The van der Waals surface area contributed by atoms with Crippen LogP contribution in [0.3, 0.4) is 0 Å². The summed E-state index contributed by atoms with van der Waals surface area (Å²) in [6.45, 7) is 3.03. The Labute approximate surface area is 101 Å². The van der Waals surface area contributed by atoms with E-state index in [4.69, 9.17) is 16.3 Å². The molecule has 2 unspecified atom stereocenters. The van der Waals surface area contributed by atoms with Gasteiger partial charge in [-0.1, -0.05) is 30.7 Å². The largest absolute Gasteiger partial charge is 0.493 e. The second-order valence-corrected chi connectivity index (χ2v) is 4.69. The molecule has 86 valence electrons. The zero-order valence-corrected chi connectivity index (χ0v) is 10.2. The van der Waals surface area contributed by atoms with Gasteiger partial charge in [0.1, 0.15) is 10.9 Å². The average molecular weight is 238 g/mol. The first-order chi connectivity index (χ1) is 7.75. The van der Waals surface area contributed by atoms with Crippen molar-refractivity contribution in [3.05, 3.63) is 35.6 Å². The number of halogens is 1. The summed E-state index contributed by atoms with van der Waals surface area (Å²) in [5.41, 5.74) is 0. The first-order valence-corrected chi connectivity index (χ1v) is 6.03. The summed E-state index contributed by atoms with van der Waals surface area (Å²) < 4.78 is 5.74. The van der Waals surface area contributed by atoms with E-state index in [1.54, 1.807) is 12.3 Å². The molecule has 3 heteroatoms. The third-order valence-electron chi connectivity index (χ3n) is 3.08. The zero-order chi connectivity index (χ0) is 11.4. The molecule has 1 aliphatic carbocycles. The molecule has 0 saturated carbocycles. The van der Waals surface area contributed by atoms with Crippen molar-refractivity contribution in [2.24, 2.45) is 11.8 Å². The first kappa shape index (κ1) is 11.5. The van der Waals surface area contributed by atoms with Crippen molar-refractivity contribution in [1.82, 2.24) is 4.98 Å². The summed E-state index contributed by atoms with van der Waals surface area (Å²) in [6.07, 6.45) is 8.44. The molecule has 0 N–H and O–H groups in total. The lowest BCUT2D eigenvalue weighted by Crippen LogP contribution is -2.21. The molecular formula is C13H16ClNO. The van der Waals surface area contributed by atoms with Crippen LogP contribution >= 0.6 is 11.6 Å². The quantitative estimate of drug-likeness (QED) is 0.591. The Morgan fingerprint density at radius 1 is 1.44 bits per heavy atom. The van der Waals surface area contributed by atoms with Gasteiger partial charge in [0.15, 0.2) is 0 Å². The van der Waals surface area contributed by atoms with Gasteiger partial charge in [-0.05, 0) is 30.7 Å². The van der Waals surface area contributed by atoms with Crippen molar-refractivity contribution in [3.63, 3.8) is 0 Å². The average Bonchev–Trinajstić information content (AvgIpc) is 2.28. The zero-order valence-electron chi connectivity index (χ0n) is 9.40. The maximum atomic E-state index is 5.79. The standard InChI is InChI=1S/C13H16ClNO/c1-10-4-2-3-5-11(10)9-16-12-6-7-15-13(14)8-12/h2-3,6-8,10-11H,4-5,9H2,1H3. The molecule has 16 heavy (non-hydrogen) atoms. The summed E-state index contributed by atoms with van der Waals surface area (Å²) in [5, 5.41) is 0.481. The lowest BCUT2D eigenvalue weighted by Gasteiger charge is -2.25. The number of pyridine rings is 1. The fraction of sp³-hybridized carbons (Fsp3) is 0.462. The Morgan fingerprint density at radius 3 is 3.00 bits per heavy atom. The minimum atomic E-state index is 0.481. The molecule has 0 fully saturated rings. The van der Waals surface area contributed by atoms with Gasteiger partial charge in [-0.2, -0.15) is 0 Å². The number of hydrogen-bond acceptors (Lipinski definition) is 2. The molecule has 1 aromatic rings. The van der Waals surface area contributed by atoms with Gasteiger partial charge < -0.3 is 4.74 Å². The molecule has 0 amide bonds. The maximum absolute atomic E-state index is 5.79. The number of aromatic nitrogens is 1. The Kier molecular flexibility index (Phi) is 3.83. The number of allylic oxidation sites excluding steroid dienone is 2. The van der Waals surface area contributed by atoms with E-state index in [9.17, 15) is 0 Å². The van der Waals surface area contributed by atoms with E-state index in [1.807, 2.05) is 6.07 Å². The molecule has 0 radical (unpaired) electrons. The Hall–Kier alpha value is -1.02. The lowest BCUT2D eigenvalue weighted by atomic mass is 9.85. The molecule has 1 aliphatic rings. The lowest BCUT2D eigenvalue weighted by molar-refractivity contribution is 0.198. The van der Waals surface area contributed by atoms with Gasteiger partial charge in [0.05, 0.1) is 6.61 Å². The van der Waals surface area contributed by atoms with E-state index in [2.05, 4.69) is 24.1 Å². The van der Waals surface area contributed by atoms with Crippen molar-refractivity contribution in [1.29, 1.82) is 0 Å². The van der Waals surface area contributed by atoms with Crippen LogP contribution in [0.2, 0.25) is 5.15 Å². The van der Waals surface area contributed by atoms with Crippen LogP contribution in [0, 0.1) is 11.8 Å². The van der Waals surface area contributed by atoms with Crippen molar-refractivity contribution >= 4 is 11.6 Å². The number of hydrogen-bond donors (Lipinski definition) is 0. The second kappa shape index (κ2) is 5.35. The minimum Gasteiger partial charge on any atom is -0.493 e. The Balaban J connectivity index is 1.89. The molecule has 0 aliphatic heterocycles. The van der Waals surface area contributed by atoms with Crippen LogP contribution in [0.15, 0.2) is 30.5 Å². The highest BCUT2D eigenvalue weighted by Crippen LogP contribution is 2.26. The summed E-state index contributed by atoms with van der Waals surface area (Å²) in [6, 6.07) is 3.60. The molecule has 0 saturated heterocycles. The first-order valence-electron chi connectivity index (χ1n) is 5.65. The fourth-order valence-corrected chi connectivity index (χ4v) is 2.08. The predicted octanol–water partition coefficient (Wildman–Crippen LogP) is 3.72. The van der Waals surface area contributed by atoms with Crippen LogP contribution in [0.4, 0.5) is 0 Å².